The lowest BCUT2D eigenvalue weighted by atomic mass is 10.6. The van der Waals surface area contributed by atoms with Gasteiger partial charge in [0, 0.05) is 0 Å². The second kappa shape index (κ2) is 4.07. The van der Waals surface area contributed by atoms with Gasteiger partial charge in [0.25, 0.3) is 0 Å². The number of aromatic nitrogens is 2. The number of carbonyl (C=O) groups excluding carboxylic acids is 1. The first-order valence-corrected chi connectivity index (χ1v) is 3.17. The van der Waals surface area contributed by atoms with Crippen LogP contribution in [0.15, 0.2) is 31.5 Å². The topological polar surface area (TPSA) is 64.1 Å². The molecule has 1 aromatic rings. The van der Waals surface area contributed by atoms with Crippen LogP contribution < -0.4 is 10.1 Å². The van der Waals surface area contributed by atoms with Gasteiger partial charge in [-0.3, -0.25) is 5.32 Å². The van der Waals surface area contributed by atoms with Gasteiger partial charge in [-0.15, -0.1) is 0 Å². The Morgan fingerprint density at radius 3 is 2.83 bits per heavy atom. The monoisotopic (exact) mass is 165 g/mol. The van der Waals surface area contributed by atoms with E-state index in [1.54, 1.807) is 0 Å². The van der Waals surface area contributed by atoms with Gasteiger partial charge < -0.3 is 4.74 Å². The second-order valence-corrected chi connectivity index (χ2v) is 1.81. The summed E-state index contributed by atoms with van der Waals surface area (Å²) in [6.45, 7) is 3.30. The Kier molecular flexibility index (Phi) is 2.78. The number of carbonyl (C=O) groups is 1. The summed E-state index contributed by atoms with van der Waals surface area (Å²) in [5, 5.41) is 2.24. The molecule has 5 heteroatoms. The fraction of sp³-hybridized carbons (Fsp3) is 0. The minimum atomic E-state index is -0.611. The zero-order valence-electron chi connectivity index (χ0n) is 6.23. The lowest BCUT2D eigenvalue weighted by molar-refractivity contribution is 0.204. The molecule has 0 aliphatic carbocycles. The highest BCUT2D eigenvalue weighted by atomic mass is 16.6. The van der Waals surface area contributed by atoms with Crippen molar-refractivity contribution in [3.05, 3.63) is 31.5 Å². The van der Waals surface area contributed by atoms with Crippen molar-refractivity contribution in [3.8, 4) is 5.75 Å². The van der Waals surface area contributed by atoms with Crippen LogP contribution in [0.4, 0.5) is 4.79 Å². The molecule has 1 rings (SSSR count). The molecule has 0 fully saturated rings. The standard InChI is InChI=1S/C7H7N3O2/c1-2-10-7(11)12-6-3-8-5-9-4-6/h2-5H,1H2,(H,10,11). The minimum absolute atomic E-state index is 0.289. The minimum Gasteiger partial charge on any atom is -0.407 e. The number of rotatable bonds is 2. The summed E-state index contributed by atoms with van der Waals surface area (Å²) in [5.41, 5.74) is 0. The third-order valence-corrected chi connectivity index (χ3v) is 0.967. The van der Waals surface area contributed by atoms with E-state index >= 15 is 0 Å². The molecule has 1 aromatic heterocycles. The number of hydrogen-bond acceptors (Lipinski definition) is 4. The van der Waals surface area contributed by atoms with Gasteiger partial charge in [-0.05, 0) is 6.20 Å². The number of amides is 1. The van der Waals surface area contributed by atoms with E-state index in [1.807, 2.05) is 0 Å². The number of hydrogen-bond donors (Lipinski definition) is 1. The van der Waals surface area contributed by atoms with E-state index in [1.165, 1.54) is 24.9 Å². The Morgan fingerprint density at radius 1 is 1.58 bits per heavy atom. The summed E-state index contributed by atoms with van der Waals surface area (Å²) in [6.07, 6.45) is 4.73. The first-order valence-electron chi connectivity index (χ1n) is 3.17. The van der Waals surface area contributed by atoms with Crippen molar-refractivity contribution in [2.24, 2.45) is 0 Å². The van der Waals surface area contributed by atoms with Crippen LogP contribution in [0.1, 0.15) is 0 Å². The van der Waals surface area contributed by atoms with Crippen LogP contribution in [-0.4, -0.2) is 16.1 Å². The van der Waals surface area contributed by atoms with E-state index in [0.717, 1.165) is 0 Å². The normalized spacial score (nSPS) is 8.67. The molecular formula is C7H7N3O2. The third kappa shape index (κ3) is 2.37. The first-order chi connectivity index (χ1) is 5.83. The quantitative estimate of drug-likeness (QED) is 0.700. The highest BCUT2D eigenvalue weighted by Crippen LogP contribution is 2.03. The molecule has 0 saturated carbocycles. The largest absolute Gasteiger partial charge is 0.416 e. The van der Waals surface area contributed by atoms with Crippen LogP contribution in [0.5, 0.6) is 5.75 Å². The molecule has 0 unspecified atom stereocenters. The van der Waals surface area contributed by atoms with Gasteiger partial charge in [-0.25, -0.2) is 14.8 Å². The number of nitrogens with one attached hydrogen (secondary N) is 1. The molecule has 0 spiro atoms. The zero-order valence-corrected chi connectivity index (χ0v) is 6.23. The van der Waals surface area contributed by atoms with E-state index in [2.05, 4.69) is 21.9 Å². The van der Waals surface area contributed by atoms with Crippen molar-refractivity contribution >= 4 is 6.09 Å². The fourth-order valence-electron chi connectivity index (χ4n) is 0.558. The Labute approximate surface area is 69.1 Å². The smallest absolute Gasteiger partial charge is 0.407 e. The van der Waals surface area contributed by atoms with E-state index in [0.29, 0.717) is 0 Å². The van der Waals surface area contributed by atoms with Crippen molar-refractivity contribution in [1.29, 1.82) is 0 Å². The summed E-state index contributed by atoms with van der Waals surface area (Å²) in [5.74, 6) is 0.289. The molecule has 0 atom stereocenters. The molecule has 0 bridgehead atoms. The van der Waals surface area contributed by atoms with E-state index in [9.17, 15) is 4.79 Å². The van der Waals surface area contributed by atoms with Crippen LogP contribution in [0, 0.1) is 0 Å². The highest BCUT2D eigenvalue weighted by Gasteiger charge is 2.00. The summed E-state index contributed by atoms with van der Waals surface area (Å²) < 4.78 is 4.71. The van der Waals surface area contributed by atoms with Crippen LogP contribution in [0.25, 0.3) is 0 Å². The molecule has 1 N–H and O–H groups in total. The van der Waals surface area contributed by atoms with Crippen molar-refractivity contribution in [3.63, 3.8) is 0 Å². The van der Waals surface area contributed by atoms with Gasteiger partial charge in [-0.2, -0.15) is 0 Å². The van der Waals surface area contributed by atoms with E-state index in [4.69, 9.17) is 4.74 Å². The summed E-state index contributed by atoms with van der Waals surface area (Å²) >= 11 is 0. The van der Waals surface area contributed by atoms with Crippen LogP contribution >= 0.6 is 0 Å². The Balaban J connectivity index is 2.52. The zero-order chi connectivity index (χ0) is 8.81. The van der Waals surface area contributed by atoms with Crippen molar-refractivity contribution in [2.75, 3.05) is 0 Å². The molecule has 1 heterocycles. The second-order valence-electron chi connectivity index (χ2n) is 1.81. The number of nitrogens with zero attached hydrogens (tertiary/aromatic N) is 2. The Bertz CT molecular complexity index is 273. The van der Waals surface area contributed by atoms with Gasteiger partial charge in [0.05, 0.1) is 12.4 Å². The summed E-state index contributed by atoms with van der Waals surface area (Å²) in [7, 11) is 0. The fourth-order valence-corrected chi connectivity index (χ4v) is 0.558. The molecule has 0 aliphatic rings. The molecule has 0 saturated heterocycles. The molecule has 0 aromatic carbocycles. The summed E-state index contributed by atoms with van der Waals surface area (Å²) in [6, 6.07) is 0. The molecule has 62 valence electrons. The average Bonchev–Trinajstić information content (AvgIpc) is 2.06. The lowest BCUT2D eigenvalue weighted by Gasteiger charge is -2.00. The lowest BCUT2D eigenvalue weighted by Crippen LogP contribution is -2.21. The molecule has 12 heavy (non-hydrogen) atoms. The maximum atomic E-state index is 10.8. The van der Waals surface area contributed by atoms with Gasteiger partial charge >= 0.3 is 6.09 Å². The van der Waals surface area contributed by atoms with Crippen LogP contribution in [-0.2, 0) is 0 Å². The van der Waals surface area contributed by atoms with Crippen molar-refractivity contribution in [1.82, 2.24) is 15.3 Å². The molecular weight excluding hydrogens is 158 g/mol. The van der Waals surface area contributed by atoms with Crippen LogP contribution in [0.3, 0.4) is 0 Å². The van der Waals surface area contributed by atoms with Crippen LogP contribution in [0.2, 0.25) is 0 Å². The molecule has 0 radical (unpaired) electrons. The molecule has 5 nitrogen and oxygen atoms in total. The number of ether oxygens (including phenoxy) is 1. The van der Waals surface area contributed by atoms with Crippen molar-refractivity contribution < 1.29 is 9.53 Å². The maximum absolute atomic E-state index is 10.8. The van der Waals surface area contributed by atoms with E-state index < -0.39 is 6.09 Å². The summed E-state index contributed by atoms with van der Waals surface area (Å²) in [4.78, 5) is 18.1. The first kappa shape index (κ1) is 8.19. The highest BCUT2D eigenvalue weighted by molar-refractivity contribution is 5.70. The van der Waals surface area contributed by atoms with Gasteiger partial charge in [0.15, 0.2) is 5.75 Å². The van der Waals surface area contributed by atoms with Gasteiger partial charge in [0.1, 0.15) is 6.33 Å². The van der Waals surface area contributed by atoms with E-state index in [-0.39, 0.29) is 5.75 Å². The predicted octanol–water partition coefficient (Wildman–Crippen LogP) is 0.709. The van der Waals surface area contributed by atoms with Crippen molar-refractivity contribution in [2.45, 2.75) is 0 Å². The Morgan fingerprint density at radius 2 is 2.25 bits per heavy atom. The SMILES string of the molecule is C=CNC(=O)Oc1cncnc1. The average molecular weight is 165 g/mol. The Hall–Kier alpha value is -1.91. The molecule has 0 aliphatic heterocycles. The molecule has 1 amide bonds. The maximum Gasteiger partial charge on any atom is 0.416 e. The van der Waals surface area contributed by atoms with Gasteiger partial charge in [0.2, 0.25) is 0 Å². The third-order valence-electron chi connectivity index (χ3n) is 0.967. The predicted molar refractivity (Wildman–Crippen MR) is 41.4 cm³/mol. The van der Waals surface area contributed by atoms with Gasteiger partial charge in [-0.1, -0.05) is 6.58 Å².